The van der Waals surface area contributed by atoms with Gasteiger partial charge in [0.15, 0.2) is 0 Å². The molecule has 6 heteroatoms. The van der Waals surface area contributed by atoms with Gasteiger partial charge < -0.3 is 9.47 Å². The molecule has 0 radical (unpaired) electrons. The summed E-state index contributed by atoms with van der Waals surface area (Å²) in [5.74, 6) is 7.39. The average Bonchev–Trinajstić information content (AvgIpc) is 3.37. The van der Waals surface area contributed by atoms with Crippen molar-refractivity contribution < 1.29 is 19.1 Å². The van der Waals surface area contributed by atoms with Crippen molar-refractivity contribution in [2.45, 2.75) is 45.7 Å². The van der Waals surface area contributed by atoms with Gasteiger partial charge >= 0.3 is 0 Å². The van der Waals surface area contributed by atoms with Gasteiger partial charge in [-0.1, -0.05) is 45.2 Å². The molecule has 6 aliphatic rings. The van der Waals surface area contributed by atoms with Gasteiger partial charge in [-0.05, 0) is 73.0 Å². The Kier molecular flexibility index (Phi) is 3.96. The van der Waals surface area contributed by atoms with E-state index in [1.54, 1.807) is 0 Å². The highest BCUT2D eigenvalue weighted by atomic mass is 127. The molecule has 0 aliphatic heterocycles. The maximum Gasteiger partial charge on any atom is 0.293 e. The number of carbonyl (C=O) groups excluding carboxylic acids is 2. The first-order chi connectivity index (χ1) is 12.7. The first kappa shape index (κ1) is 17.3. The summed E-state index contributed by atoms with van der Waals surface area (Å²) in [6.07, 6.45) is 4.91. The highest BCUT2D eigenvalue weighted by molar-refractivity contribution is 14.1. The topological polar surface area (TPSA) is 52.6 Å². The molecule has 0 aromatic heterocycles. The molecule has 0 aromatic carbocycles. The second-order valence-corrected chi connectivity index (χ2v) is 12.4. The highest BCUT2D eigenvalue weighted by Crippen LogP contribution is 2.78. The first-order valence-corrected chi connectivity index (χ1v) is 12.6. The molecule has 6 aliphatic carbocycles. The van der Waals surface area contributed by atoms with Gasteiger partial charge in [-0.25, -0.2) is 0 Å². The monoisotopic (exact) mass is 582 g/mol. The van der Waals surface area contributed by atoms with Crippen LogP contribution in [0.5, 0.6) is 0 Å². The number of ether oxygens (including phenoxy) is 2. The van der Waals surface area contributed by atoms with E-state index in [1.165, 1.54) is 12.8 Å². The minimum atomic E-state index is 0.164. The lowest BCUT2D eigenvalue weighted by atomic mass is 9.79. The van der Waals surface area contributed by atoms with Crippen molar-refractivity contribution >= 4 is 58.1 Å². The summed E-state index contributed by atoms with van der Waals surface area (Å²) in [5, 5.41) is 0. The van der Waals surface area contributed by atoms with Crippen molar-refractivity contribution in [3.05, 3.63) is 0 Å². The van der Waals surface area contributed by atoms with Crippen molar-refractivity contribution in [3.8, 4) is 0 Å². The fourth-order valence-electron chi connectivity index (χ4n) is 9.34. The summed E-state index contributed by atoms with van der Waals surface area (Å²) in [7, 11) is 0. The molecule has 6 rings (SSSR count). The van der Waals surface area contributed by atoms with Crippen molar-refractivity contribution in [2.24, 2.45) is 59.2 Å². The van der Waals surface area contributed by atoms with Crippen molar-refractivity contribution in [1.82, 2.24) is 0 Å². The SMILES string of the molecule is O=CO[C@H]1CC[C@H]2[C@H]3[C@@H](I)[C@@H]4[C@@H]5[C@H]3[C@H]([C@H](I)[C@H]5[C@H]3CC[C@H](OC=O)[C@@H]34)[C@@H]21. The number of rotatable bonds is 4. The zero-order valence-electron chi connectivity index (χ0n) is 14.5. The van der Waals surface area contributed by atoms with Gasteiger partial charge in [-0.15, -0.1) is 0 Å². The first-order valence-electron chi connectivity index (χ1n) is 10.2. The molecule has 0 amide bonds. The van der Waals surface area contributed by atoms with Gasteiger partial charge in [-0.2, -0.15) is 0 Å². The Morgan fingerprint density at radius 2 is 1.00 bits per heavy atom. The second kappa shape index (κ2) is 5.95. The summed E-state index contributed by atoms with van der Waals surface area (Å²) in [5.41, 5.74) is 0. The van der Waals surface area contributed by atoms with Gasteiger partial charge in [0, 0.05) is 19.7 Å². The average molecular weight is 582 g/mol. The molecule has 6 saturated carbocycles. The van der Waals surface area contributed by atoms with E-state index in [-0.39, 0.29) is 12.2 Å². The number of halogens is 2. The maximum absolute atomic E-state index is 11.1. The Labute approximate surface area is 181 Å². The predicted octanol–water partition coefficient (Wildman–Crippen LogP) is 3.48. The smallest absolute Gasteiger partial charge is 0.293 e. The minimum Gasteiger partial charge on any atom is -0.464 e. The van der Waals surface area contributed by atoms with E-state index in [0.717, 1.165) is 60.2 Å². The van der Waals surface area contributed by atoms with Crippen LogP contribution < -0.4 is 0 Å². The van der Waals surface area contributed by atoms with E-state index < -0.39 is 0 Å². The molecule has 6 fully saturated rings. The molecule has 4 nitrogen and oxygen atoms in total. The third-order valence-corrected chi connectivity index (χ3v) is 12.8. The number of carbonyl (C=O) groups is 2. The summed E-state index contributed by atoms with van der Waals surface area (Å²) < 4.78 is 12.6. The molecule has 0 saturated heterocycles. The Balaban J connectivity index is 1.40. The van der Waals surface area contributed by atoms with Crippen LogP contribution in [0.25, 0.3) is 0 Å². The van der Waals surface area contributed by atoms with E-state index in [2.05, 4.69) is 45.2 Å². The van der Waals surface area contributed by atoms with Crippen LogP contribution in [0.2, 0.25) is 0 Å². The van der Waals surface area contributed by atoms with Crippen LogP contribution >= 0.6 is 45.2 Å². The van der Waals surface area contributed by atoms with E-state index in [9.17, 15) is 9.59 Å². The zero-order chi connectivity index (χ0) is 17.7. The Morgan fingerprint density at radius 1 is 0.577 bits per heavy atom. The van der Waals surface area contributed by atoms with Gasteiger partial charge in [-0.3, -0.25) is 9.59 Å². The van der Waals surface area contributed by atoms with Gasteiger partial charge in [0.2, 0.25) is 0 Å². The number of hydrogen-bond acceptors (Lipinski definition) is 4. The summed E-state index contributed by atoms with van der Waals surface area (Å²) in [4.78, 5) is 22.1. The second-order valence-electron chi connectivity index (χ2n) is 9.53. The van der Waals surface area contributed by atoms with Crippen LogP contribution in [0.4, 0.5) is 0 Å². The Hall–Kier alpha value is 0.400. The minimum absolute atomic E-state index is 0.164. The predicted molar refractivity (Wildman–Crippen MR) is 111 cm³/mol. The lowest BCUT2D eigenvalue weighted by Gasteiger charge is -2.33. The van der Waals surface area contributed by atoms with E-state index >= 15 is 0 Å². The van der Waals surface area contributed by atoms with E-state index in [0.29, 0.717) is 32.6 Å². The quantitative estimate of drug-likeness (QED) is 0.290. The molecular formula is C20H24I2O4. The maximum atomic E-state index is 11.1. The molecule has 0 unspecified atom stereocenters. The Bertz CT molecular complexity index is 589. The lowest BCUT2D eigenvalue weighted by Crippen LogP contribution is -2.35. The van der Waals surface area contributed by atoms with Gasteiger partial charge in [0.25, 0.3) is 12.9 Å². The van der Waals surface area contributed by atoms with Crippen molar-refractivity contribution in [3.63, 3.8) is 0 Å². The summed E-state index contributed by atoms with van der Waals surface area (Å²) >= 11 is 5.53. The van der Waals surface area contributed by atoms with Crippen LogP contribution in [0.3, 0.4) is 0 Å². The molecular weight excluding hydrogens is 558 g/mol. The summed E-state index contributed by atoms with van der Waals surface area (Å²) in [6.45, 7) is 1.38. The molecule has 14 atom stereocenters. The van der Waals surface area contributed by atoms with Crippen LogP contribution in [0.15, 0.2) is 0 Å². The number of fused-ring (bicyclic) bond motifs is 6. The van der Waals surface area contributed by atoms with Crippen molar-refractivity contribution in [2.75, 3.05) is 0 Å². The molecule has 142 valence electrons. The standard InChI is InChI=1S/C20H24I2O4/c21-19-13-7-1-3-9(25-5-23)11(7)17-15(13)16-14(20(17)22)8-2-4-10(26-6-24)12(8)18(16)19/h5-20H,1-4H2/t7-,8+,9-,10-,11+,12-,13-,14+,15-,16-,17-,18+,19+,20+/m0/s1. The third kappa shape index (κ3) is 1.88. The molecule has 0 aromatic rings. The van der Waals surface area contributed by atoms with Gasteiger partial charge in [0.1, 0.15) is 12.2 Å². The Morgan fingerprint density at radius 3 is 1.38 bits per heavy atom. The lowest BCUT2D eigenvalue weighted by molar-refractivity contribution is -0.137. The number of alkyl halides is 2. The molecule has 0 N–H and O–H groups in total. The largest absolute Gasteiger partial charge is 0.464 e. The van der Waals surface area contributed by atoms with E-state index in [4.69, 9.17) is 9.47 Å². The third-order valence-electron chi connectivity index (χ3n) is 9.45. The molecule has 0 spiro atoms. The highest BCUT2D eigenvalue weighted by Gasteiger charge is 2.77. The van der Waals surface area contributed by atoms with Crippen LogP contribution in [-0.2, 0) is 19.1 Å². The van der Waals surface area contributed by atoms with Gasteiger partial charge in [0.05, 0.1) is 0 Å². The van der Waals surface area contributed by atoms with Crippen molar-refractivity contribution in [1.29, 1.82) is 0 Å². The van der Waals surface area contributed by atoms with Crippen LogP contribution in [-0.4, -0.2) is 33.0 Å². The van der Waals surface area contributed by atoms with Crippen LogP contribution in [0, 0.1) is 59.2 Å². The molecule has 0 heterocycles. The van der Waals surface area contributed by atoms with Crippen LogP contribution in [0.1, 0.15) is 25.7 Å². The zero-order valence-corrected chi connectivity index (χ0v) is 18.8. The molecule has 0 bridgehead atoms. The van der Waals surface area contributed by atoms with E-state index in [1.807, 2.05) is 0 Å². The fourth-order valence-corrected chi connectivity index (χ4v) is 13.3. The fraction of sp³-hybridized carbons (Fsp3) is 0.900. The number of hydrogen-bond donors (Lipinski definition) is 0. The molecule has 26 heavy (non-hydrogen) atoms. The normalized spacial score (nSPS) is 63.5. The summed E-state index contributed by atoms with van der Waals surface area (Å²) in [6, 6.07) is 0.